The van der Waals surface area contributed by atoms with Crippen LogP contribution < -0.4 is 25.9 Å². The Kier molecular flexibility index (Phi) is 6.17. The highest BCUT2D eigenvalue weighted by molar-refractivity contribution is 6.98. The van der Waals surface area contributed by atoms with Gasteiger partial charge in [-0.1, -0.05) is 140 Å². The van der Waals surface area contributed by atoms with E-state index in [1.165, 1.54) is 27.8 Å². The predicted octanol–water partition coefficient (Wildman–Crippen LogP) is 9.39. The molecule has 0 N–H and O–H groups in total. The van der Waals surface area contributed by atoms with Crippen LogP contribution in [0.1, 0.15) is 5.56 Å². The van der Waals surface area contributed by atoms with Crippen LogP contribution in [-0.2, 0) is 0 Å². The molecular formula is C43H29BO2. The fourth-order valence-corrected chi connectivity index (χ4v) is 7.11. The van der Waals surface area contributed by atoms with Crippen molar-refractivity contribution < 1.29 is 9.47 Å². The zero-order valence-corrected chi connectivity index (χ0v) is 25.4. The molecule has 3 heteroatoms. The second kappa shape index (κ2) is 10.7. The molecule has 0 amide bonds. The third-order valence-electron chi connectivity index (χ3n) is 9.36. The molecule has 0 saturated carbocycles. The minimum Gasteiger partial charge on any atom is -0.458 e. The van der Waals surface area contributed by atoms with Crippen LogP contribution in [-0.4, -0.2) is 6.71 Å². The number of benzene rings is 7. The SMILES string of the molecule is Cc1ccccc1-c1cc(-c2ccccc2)c2c3c1Oc1ccc(-c4ccccc4)cc1B3c1cc(-c3ccccc3)ccc1O2. The Morgan fingerprint density at radius 2 is 0.870 bits per heavy atom. The molecule has 0 radical (unpaired) electrons. The maximum atomic E-state index is 7.00. The van der Waals surface area contributed by atoms with Gasteiger partial charge < -0.3 is 9.47 Å². The van der Waals surface area contributed by atoms with E-state index in [2.05, 4.69) is 165 Å². The summed E-state index contributed by atoms with van der Waals surface area (Å²) in [5.41, 5.74) is 13.7. The van der Waals surface area contributed by atoms with E-state index in [9.17, 15) is 0 Å². The molecule has 0 fully saturated rings. The Morgan fingerprint density at radius 3 is 1.41 bits per heavy atom. The Hall–Kier alpha value is -5.80. The van der Waals surface area contributed by atoms with Crippen LogP contribution in [0.4, 0.5) is 0 Å². The van der Waals surface area contributed by atoms with Crippen LogP contribution >= 0.6 is 0 Å². The van der Waals surface area contributed by atoms with Crippen LogP contribution in [0, 0.1) is 6.92 Å². The summed E-state index contributed by atoms with van der Waals surface area (Å²) in [4.78, 5) is 0. The molecule has 2 aliphatic heterocycles. The molecule has 0 saturated heterocycles. The lowest BCUT2D eigenvalue weighted by atomic mass is 9.34. The molecule has 9 rings (SSSR count). The van der Waals surface area contributed by atoms with Gasteiger partial charge in [-0.2, -0.15) is 0 Å². The van der Waals surface area contributed by atoms with Gasteiger partial charge in [-0.15, -0.1) is 0 Å². The zero-order chi connectivity index (χ0) is 30.6. The fraction of sp³-hybridized carbons (Fsp3) is 0.0233. The highest BCUT2D eigenvalue weighted by Crippen LogP contribution is 2.47. The van der Waals surface area contributed by atoms with E-state index in [0.29, 0.717) is 0 Å². The first-order valence-electron chi connectivity index (χ1n) is 15.8. The van der Waals surface area contributed by atoms with Gasteiger partial charge in [0.25, 0.3) is 6.71 Å². The largest absolute Gasteiger partial charge is 0.458 e. The normalized spacial score (nSPS) is 12.3. The summed E-state index contributed by atoms with van der Waals surface area (Å²) in [7, 11) is 0. The predicted molar refractivity (Wildman–Crippen MR) is 191 cm³/mol. The zero-order valence-electron chi connectivity index (χ0n) is 25.4. The lowest BCUT2D eigenvalue weighted by molar-refractivity contribution is 0.467. The monoisotopic (exact) mass is 588 g/mol. The third kappa shape index (κ3) is 4.28. The second-order valence-corrected chi connectivity index (χ2v) is 12.1. The van der Waals surface area contributed by atoms with Crippen molar-refractivity contribution in [2.75, 3.05) is 0 Å². The van der Waals surface area contributed by atoms with E-state index in [1.54, 1.807) is 0 Å². The van der Waals surface area contributed by atoms with Crippen molar-refractivity contribution in [2.45, 2.75) is 6.92 Å². The summed E-state index contributed by atoms with van der Waals surface area (Å²) in [6, 6.07) is 55.8. The van der Waals surface area contributed by atoms with Gasteiger partial charge in [-0.25, -0.2) is 0 Å². The smallest absolute Gasteiger partial charge is 0.260 e. The van der Waals surface area contributed by atoms with Crippen LogP contribution in [0.25, 0.3) is 44.5 Å². The molecule has 0 spiro atoms. The van der Waals surface area contributed by atoms with E-state index in [0.717, 1.165) is 61.6 Å². The Morgan fingerprint density at radius 1 is 0.391 bits per heavy atom. The average Bonchev–Trinajstić information content (AvgIpc) is 3.12. The van der Waals surface area contributed by atoms with Gasteiger partial charge in [-0.05, 0) is 75.0 Å². The summed E-state index contributed by atoms with van der Waals surface area (Å²) in [6.45, 7) is 2.08. The van der Waals surface area contributed by atoms with Gasteiger partial charge in [0.1, 0.15) is 23.0 Å². The van der Waals surface area contributed by atoms with Crippen LogP contribution in [0.3, 0.4) is 0 Å². The number of aryl methyl sites for hydroxylation is 1. The van der Waals surface area contributed by atoms with E-state index in [-0.39, 0.29) is 6.71 Å². The molecule has 7 aromatic carbocycles. The molecule has 216 valence electrons. The minimum atomic E-state index is -0.0868. The first-order valence-corrected chi connectivity index (χ1v) is 15.8. The van der Waals surface area contributed by atoms with E-state index >= 15 is 0 Å². The summed E-state index contributed by atoms with van der Waals surface area (Å²) in [5.74, 6) is 3.48. The van der Waals surface area contributed by atoms with E-state index < -0.39 is 0 Å². The van der Waals surface area contributed by atoms with Crippen molar-refractivity contribution in [2.24, 2.45) is 0 Å². The topological polar surface area (TPSA) is 18.5 Å². The highest BCUT2D eigenvalue weighted by atomic mass is 16.5. The van der Waals surface area contributed by atoms with Crippen molar-refractivity contribution in [1.82, 2.24) is 0 Å². The maximum Gasteiger partial charge on any atom is 0.260 e. The van der Waals surface area contributed by atoms with Gasteiger partial charge in [0.05, 0.1) is 0 Å². The van der Waals surface area contributed by atoms with Crippen molar-refractivity contribution in [3.8, 4) is 67.5 Å². The van der Waals surface area contributed by atoms with E-state index in [4.69, 9.17) is 9.47 Å². The molecule has 0 unspecified atom stereocenters. The lowest BCUT2D eigenvalue weighted by Crippen LogP contribution is -2.57. The first kappa shape index (κ1) is 26.6. The molecule has 2 heterocycles. The highest BCUT2D eigenvalue weighted by Gasteiger charge is 2.43. The van der Waals surface area contributed by atoms with Crippen LogP contribution in [0.15, 0.2) is 158 Å². The second-order valence-electron chi connectivity index (χ2n) is 12.1. The Bertz CT molecular complexity index is 2210. The number of rotatable bonds is 4. The summed E-state index contributed by atoms with van der Waals surface area (Å²) in [6.07, 6.45) is 0. The van der Waals surface area contributed by atoms with Crippen LogP contribution in [0.5, 0.6) is 23.0 Å². The molecule has 7 aromatic rings. The molecule has 0 atom stereocenters. The molecule has 2 aliphatic rings. The summed E-state index contributed by atoms with van der Waals surface area (Å²) < 4.78 is 14.0. The van der Waals surface area contributed by atoms with Gasteiger partial charge in [-0.3, -0.25) is 0 Å². The lowest BCUT2D eigenvalue weighted by Gasteiger charge is -2.36. The van der Waals surface area contributed by atoms with Gasteiger partial charge in [0.15, 0.2) is 0 Å². The van der Waals surface area contributed by atoms with E-state index in [1.807, 2.05) is 0 Å². The molecule has 0 aromatic heterocycles. The van der Waals surface area contributed by atoms with Gasteiger partial charge >= 0.3 is 0 Å². The summed E-state index contributed by atoms with van der Waals surface area (Å²) >= 11 is 0. The van der Waals surface area contributed by atoms with Gasteiger partial charge in [0, 0.05) is 16.6 Å². The number of ether oxygens (including phenoxy) is 2. The standard InChI is InChI=1S/C43H29BO2/c1-28-13-11-12-20-34(28)36-27-35(31-18-9-4-10-19-31)42-41-43(36)46-40-24-22-33(30-16-7-3-8-17-30)26-38(40)44(41)37-25-32(21-23-39(37)45-42)29-14-5-2-6-15-29/h2-27H,1H3. The van der Waals surface area contributed by atoms with Crippen molar-refractivity contribution in [3.63, 3.8) is 0 Å². The number of hydrogen-bond acceptors (Lipinski definition) is 2. The Labute approximate surface area is 269 Å². The molecule has 0 bridgehead atoms. The summed E-state index contributed by atoms with van der Waals surface area (Å²) in [5, 5.41) is 0. The van der Waals surface area contributed by atoms with Crippen molar-refractivity contribution >= 4 is 23.1 Å². The first-order chi connectivity index (χ1) is 22.7. The minimum absolute atomic E-state index is 0.0868. The number of fused-ring (bicyclic) bond motifs is 4. The van der Waals surface area contributed by atoms with Crippen molar-refractivity contribution in [1.29, 1.82) is 0 Å². The van der Waals surface area contributed by atoms with Gasteiger partial charge in [0.2, 0.25) is 0 Å². The molecule has 2 nitrogen and oxygen atoms in total. The molecule has 0 aliphatic carbocycles. The fourth-order valence-electron chi connectivity index (χ4n) is 7.11. The third-order valence-corrected chi connectivity index (χ3v) is 9.36. The van der Waals surface area contributed by atoms with Crippen LogP contribution in [0.2, 0.25) is 0 Å². The quantitative estimate of drug-likeness (QED) is 0.191. The van der Waals surface area contributed by atoms with Crippen molar-refractivity contribution in [3.05, 3.63) is 163 Å². The Balaban J connectivity index is 1.37. The number of hydrogen-bond donors (Lipinski definition) is 0. The molecular weight excluding hydrogens is 559 g/mol. The average molecular weight is 589 g/mol. The molecule has 46 heavy (non-hydrogen) atoms. The maximum absolute atomic E-state index is 7.00.